The van der Waals surface area contributed by atoms with Gasteiger partial charge in [-0.2, -0.15) is 0 Å². The minimum atomic E-state index is -1.43. The second kappa shape index (κ2) is 17.2. The molecule has 2 N–H and O–H groups in total. The van der Waals surface area contributed by atoms with Crippen molar-refractivity contribution in [2.24, 2.45) is 0 Å². The molecule has 0 rings (SSSR count). The molecule has 0 heterocycles. The monoisotopic (exact) mass is 406 g/mol. The van der Waals surface area contributed by atoms with Crippen LogP contribution in [-0.2, 0) is 9.53 Å². The standard InChI is InChI=1S/C25H42O4/c1-20(2)11-8-13-22(4)15-10-17-23(5)16-9-14-21(3)12-6-7-18-29-25(28)24(27)19-26/h11-12,15-16,24,26-27H,6-10,13-14,17-19H2,1-5H3/b21-12?,22-15+,23-16+. The molecule has 166 valence electrons. The average Bonchev–Trinajstić information content (AvgIpc) is 2.66. The fourth-order valence-electron chi connectivity index (χ4n) is 2.76. The summed E-state index contributed by atoms with van der Waals surface area (Å²) >= 11 is 0. The highest BCUT2D eigenvalue weighted by Gasteiger charge is 2.14. The molecule has 0 aliphatic carbocycles. The Balaban J connectivity index is 3.95. The lowest BCUT2D eigenvalue weighted by Crippen LogP contribution is -2.26. The molecule has 0 aliphatic rings. The van der Waals surface area contributed by atoms with Gasteiger partial charge >= 0.3 is 5.97 Å². The fourth-order valence-corrected chi connectivity index (χ4v) is 2.76. The van der Waals surface area contributed by atoms with Crippen molar-refractivity contribution < 1.29 is 19.7 Å². The van der Waals surface area contributed by atoms with E-state index in [2.05, 4.69) is 58.9 Å². The van der Waals surface area contributed by atoms with Crippen LogP contribution in [0.4, 0.5) is 0 Å². The van der Waals surface area contributed by atoms with Crippen molar-refractivity contribution >= 4 is 5.97 Å². The molecule has 0 amide bonds. The summed E-state index contributed by atoms with van der Waals surface area (Å²) in [5.74, 6) is -0.758. The van der Waals surface area contributed by atoms with E-state index in [1.807, 2.05) is 0 Å². The highest BCUT2D eigenvalue weighted by molar-refractivity contribution is 5.74. The number of unbranched alkanes of at least 4 members (excludes halogenated alkanes) is 1. The van der Waals surface area contributed by atoms with E-state index in [4.69, 9.17) is 14.9 Å². The molecule has 0 spiro atoms. The Morgan fingerprint density at radius 3 is 1.69 bits per heavy atom. The Morgan fingerprint density at radius 2 is 1.24 bits per heavy atom. The summed E-state index contributed by atoms with van der Waals surface area (Å²) in [6.45, 7) is 10.5. The van der Waals surface area contributed by atoms with E-state index in [1.165, 1.54) is 22.3 Å². The minimum Gasteiger partial charge on any atom is -0.464 e. The Labute approximate surface area is 178 Å². The van der Waals surface area contributed by atoms with Gasteiger partial charge in [-0.3, -0.25) is 0 Å². The predicted molar refractivity (Wildman–Crippen MR) is 122 cm³/mol. The topological polar surface area (TPSA) is 66.8 Å². The third-order valence-electron chi connectivity index (χ3n) is 4.68. The molecule has 0 aromatic carbocycles. The normalized spacial score (nSPS) is 14.0. The SMILES string of the molecule is CC(C)=CCC/C(C)=C/CC/C(C)=C/CCC(C)=CCCCOC(=O)C(O)CO. The number of hydrogen-bond donors (Lipinski definition) is 2. The smallest absolute Gasteiger partial charge is 0.337 e. The van der Waals surface area contributed by atoms with Crippen molar-refractivity contribution in [3.05, 3.63) is 46.6 Å². The molecular weight excluding hydrogens is 364 g/mol. The highest BCUT2D eigenvalue weighted by Crippen LogP contribution is 2.14. The number of carbonyl (C=O) groups is 1. The lowest BCUT2D eigenvalue weighted by Gasteiger charge is -2.07. The minimum absolute atomic E-state index is 0.264. The van der Waals surface area contributed by atoms with Gasteiger partial charge in [0.05, 0.1) is 13.2 Å². The van der Waals surface area contributed by atoms with Crippen LogP contribution in [0.25, 0.3) is 0 Å². The van der Waals surface area contributed by atoms with E-state index >= 15 is 0 Å². The predicted octanol–water partition coefficient (Wildman–Crippen LogP) is 5.81. The second-order valence-electron chi connectivity index (χ2n) is 8.06. The second-order valence-corrected chi connectivity index (χ2v) is 8.06. The number of aliphatic hydroxyl groups excluding tert-OH is 2. The fraction of sp³-hybridized carbons (Fsp3) is 0.640. The molecule has 0 fully saturated rings. The first-order valence-corrected chi connectivity index (χ1v) is 10.8. The third kappa shape index (κ3) is 17.0. The molecule has 0 saturated heterocycles. The summed E-state index contributed by atoms with van der Waals surface area (Å²) in [7, 11) is 0. The van der Waals surface area contributed by atoms with Gasteiger partial charge in [-0.05, 0) is 86.0 Å². The zero-order chi connectivity index (χ0) is 22.1. The summed E-state index contributed by atoms with van der Waals surface area (Å²) in [5, 5.41) is 17.8. The summed E-state index contributed by atoms with van der Waals surface area (Å²) in [5.41, 5.74) is 5.65. The van der Waals surface area contributed by atoms with Gasteiger partial charge in [0.2, 0.25) is 0 Å². The highest BCUT2D eigenvalue weighted by atomic mass is 16.5. The van der Waals surface area contributed by atoms with Gasteiger partial charge < -0.3 is 14.9 Å². The third-order valence-corrected chi connectivity index (χ3v) is 4.68. The van der Waals surface area contributed by atoms with Crippen molar-refractivity contribution in [1.29, 1.82) is 0 Å². The molecule has 0 radical (unpaired) electrons. The number of esters is 1. The zero-order valence-electron chi connectivity index (χ0n) is 19.2. The first kappa shape index (κ1) is 27.4. The molecule has 0 aromatic heterocycles. The number of hydrogen-bond acceptors (Lipinski definition) is 4. The maximum Gasteiger partial charge on any atom is 0.337 e. The van der Waals surface area contributed by atoms with Crippen molar-refractivity contribution in [2.45, 2.75) is 92.1 Å². The van der Waals surface area contributed by atoms with Gasteiger partial charge in [-0.25, -0.2) is 4.79 Å². The molecule has 0 saturated carbocycles. The molecule has 4 heteroatoms. The van der Waals surface area contributed by atoms with Crippen molar-refractivity contribution in [2.75, 3.05) is 13.2 Å². The molecule has 0 aliphatic heterocycles. The largest absolute Gasteiger partial charge is 0.464 e. The molecule has 4 nitrogen and oxygen atoms in total. The lowest BCUT2D eigenvalue weighted by molar-refractivity contribution is -0.155. The van der Waals surface area contributed by atoms with E-state index in [-0.39, 0.29) is 6.61 Å². The number of aliphatic hydroxyl groups is 2. The summed E-state index contributed by atoms with van der Waals surface area (Å²) in [6.07, 6.45) is 15.9. The number of rotatable bonds is 15. The lowest BCUT2D eigenvalue weighted by atomic mass is 10.0. The van der Waals surface area contributed by atoms with Crippen LogP contribution in [0, 0.1) is 0 Å². The van der Waals surface area contributed by atoms with Crippen LogP contribution in [0.3, 0.4) is 0 Å². The van der Waals surface area contributed by atoms with E-state index in [0.717, 1.165) is 51.4 Å². The van der Waals surface area contributed by atoms with Crippen LogP contribution in [0.1, 0.15) is 86.0 Å². The van der Waals surface area contributed by atoms with E-state index in [1.54, 1.807) is 0 Å². The molecule has 29 heavy (non-hydrogen) atoms. The molecular formula is C25H42O4. The van der Waals surface area contributed by atoms with Gasteiger partial charge in [-0.15, -0.1) is 0 Å². The molecule has 0 bridgehead atoms. The van der Waals surface area contributed by atoms with Gasteiger partial charge in [0.1, 0.15) is 0 Å². The van der Waals surface area contributed by atoms with Gasteiger partial charge in [0, 0.05) is 0 Å². The first-order valence-electron chi connectivity index (χ1n) is 10.8. The van der Waals surface area contributed by atoms with Crippen LogP contribution in [0.5, 0.6) is 0 Å². The Bertz CT molecular complexity index is 578. The van der Waals surface area contributed by atoms with E-state index in [9.17, 15) is 4.79 Å². The van der Waals surface area contributed by atoms with Crippen LogP contribution >= 0.6 is 0 Å². The number of ether oxygens (including phenoxy) is 1. The Kier molecular flexibility index (Phi) is 16.2. The quantitative estimate of drug-likeness (QED) is 0.205. The zero-order valence-corrected chi connectivity index (χ0v) is 19.2. The van der Waals surface area contributed by atoms with Crippen LogP contribution in [0.2, 0.25) is 0 Å². The molecule has 1 unspecified atom stereocenters. The van der Waals surface area contributed by atoms with Crippen molar-refractivity contribution in [3.63, 3.8) is 0 Å². The van der Waals surface area contributed by atoms with Crippen LogP contribution in [-0.4, -0.2) is 35.5 Å². The van der Waals surface area contributed by atoms with Crippen LogP contribution < -0.4 is 0 Å². The van der Waals surface area contributed by atoms with Gasteiger partial charge in [-0.1, -0.05) is 46.6 Å². The summed E-state index contributed by atoms with van der Waals surface area (Å²) < 4.78 is 4.88. The maximum atomic E-state index is 11.2. The summed E-state index contributed by atoms with van der Waals surface area (Å²) in [6, 6.07) is 0. The van der Waals surface area contributed by atoms with Crippen LogP contribution in [0.15, 0.2) is 46.6 Å². The maximum absolute atomic E-state index is 11.2. The van der Waals surface area contributed by atoms with Gasteiger partial charge in [0.25, 0.3) is 0 Å². The summed E-state index contributed by atoms with van der Waals surface area (Å²) in [4.78, 5) is 11.2. The van der Waals surface area contributed by atoms with Crippen molar-refractivity contribution in [3.8, 4) is 0 Å². The Morgan fingerprint density at radius 1 is 0.793 bits per heavy atom. The van der Waals surface area contributed by atoms with E-state index in [0.29, 0.717) is 0 Å². The molecule has 1 atom stereocenters. The number of allylic oxidation sites excluding steroid dienone is 8. The average molecular weight is 407 g/mol. The number of carbonyl (C=O) groups excluding carboxylic acids is 1. The van der Waals surface area contributed by atoms with E-state index < -0.39 is 18.7 Å². The molecule has 0 aromatic rings. The Hall–Kier alpha value is -1.65. The van der Waals surface area contributed by atoms with Crippen molar-refractivity contribution in [1.82, 2.24) is 0 Å². The first-order chi connectivity index (χ1) is 13.8. The van der Waals surface area contributed by atoms with Gasteiger partial charge in [0.15, 0.2) is 6.10 Å².